The molecule has 3 aromatic rings. The number of fused-ring (bicyclic) bond motifs is 1. The first-order valence-electron chi connectivity index (χ1n) is 5.60. The summed E-state index contributed by atoms with van der Waals surface area (Å²) < 4.78 is 15.1. The van der Waals surface area contributed by atoms with Crippen LogP contribution in [0.5, 0.6) is 0 Å². The van der Waals surface area contributed by atoms with Gasteiger partial charge in [0.2, 0.25) is 0 Å². The Labute approximate surface area is 120 Å². The van der Waals surface area contributed by atoms with Crippen molar-refractivity contribution in [2.75, 3.05) is 0 Å². The highest BCUT2D eigenvalue weighted by atomic mass is 79.9. The fourth-order valence-corrected chi connectivity index (χ4v) is 2.23. The molecule has 0 unspecified atom stereocenters. The van der Waals surface area contributed by atoms with Gasteiger partial charge in [-0.25, -0.2) is 9.18 Å². The third-order valence-corrected chi connectivity index (χ3v) is 3.43. The summed E-state index contributed by atoms with van der Waals surface area (Å²) in [4.78, 5) is 11.0. The Bertz CT molecular complexity index is 832. The Balaban J connectivity index is 2.22. The summed E-state index contributed by atoms with van der Waals surface area (Å²) in [5.41, 5.74) is 1.28. The number of carboxylic acids is 1. The second kappa shape index (κ2) is 4.68. The van der Waals surface area contributed by atoms with E-state index in [4.69, 9.17) is 5.11 Å². The molecule has 2 aromatic heterocycles. The number of nitrogens with zero attached hydrogens (tertiary/aromatic N) is 3. The van der Waals surface area contributed by atoms with Crippen LogP contribution in [-0.4, -0.2) is 25.7 Å². The quantitative estimate of drug-likeness (QED) is 0.781. The molecule has 100 valence electrons. The molecule has 0 radical (unpaired) electrons. The summed E-state index contributed by atoms with van der Waals surface area (Å²) in [6, 6.07) is 7.46. The lowest BCUT2D eigenvalue weighted by Gasteiger charge is -2.02. The van der Waals surface area contributed by atoms with Gasteiger partial charge in [0.25, 0.3) is 0 Å². The van der Waals surface area contributed by atoms with Crippen molar-refractivity contribution in [1.82, 2.24) is 14.6 Å². The summed E-state index contributed by atoms with van der Waals surface area (Å²) in [7, 11) is 0. The van der Waals surface area contributed by atoms with Gasteiger partial charge in [0.05, 0.1) is 10.0 Å². The van der Waals surface area contributed by atoms with E-state index in [2.05, 4.69) is 26.1 Å². The van der Waals surface area contributed by atoms with E-state index >= 15 is 0 Å². The second-order valence-corrected chi connectivity index (χ2v) is 4.96. The number of carboxylic acid groups (broad SMARTS) is 1. The van der Waals surface area contributed by atoms with E-state index in [1.165, 1.54) is 18.3 Å². The number of carbonyl (C=O) groups is 1. The summed E-state index contributed by atoms with van der Waals surface area (Å²) in [6.07, 6.45) is 1.43. The Morgan fingerprint density at radius 1 is 1.25 bits per heavy atom. The molecule has 0 aliphatic rings. The predicted molar refractivity (Wildman–Crippen MR) is 73.0 cm³/mol. The van der Waals surface area contributed by atoms with Gasteiger partial charge in [-0.2, -0.15) is 0 Å². The first kappa shape index (κ1) is 12.7. The molecular formula is C13H7BrFN3O2. The van der Waals surface area contributed by atoms with Crippen molar-refractivity contribution in [2.45, 2.75) is 0 Å². The van der Waals surface area contributed by atoms with Crippen LogP contribution in [-0.2, 0) is 0 Å². The summed E-state index contributed by atoms with van der Waals surface area (Å²) in [5, 5.41) is 17.0. The zero-order chi connectivity index (χ0) is 14.3. The van der Waals surface area contributed by atoms with Crippen LogP contribution in [0, 0.1) is 5.82 Å². The molecule has 0 aliphatic carbocycles. The largest absolute Gasteiger partial charge is 0.478 e. The lowest BCUT2D eigenvalue weighted by Crippen LogP contribution is -1.99. The number of rotatable bonds is 2. The van der Waals surface area contributed by atoms with Crippen molar-refractivity contribution < 1.29 is 14.3 Å². The average Bonchev–Trinajstić information content (AvgIpc) is 2.84. The van der Waals surface area contributed by atoms with Crippen LogP contribution in [0.3, 0.4) is 0 Å². The van der Waals surface area contributed by atoms with Crippen LogP contribution in [0.25, 0.3) is 17.0 Å². The standard InChI is InChI=1S/C13H7BrFN3O2/c14-9-5-7(1-3-10(9)15)12-17-16-11-4-2-8(13(19)20)6-18(11)12/h1-6H,(H,19,20). The van der Waals surface area contributed by atoms with Gasteiger partial charge < -0.3 is 5.11 Å². The molecule has 7 heteroatoms. The third kappa shape index (κ3) is 2.05. The number of hydrogen-bond acceptors (Lipinski definition) is 3. The van der Waals surface area contributed by atoms with Crippen LogP contribution in [0.15, 0.2) is 41.0 Å². The maximum Gasteiger partial charge on any atom is 0.337 e. The Hall–Kier alpha value is -2.28. The van der Waals surface area contributed by atoms with Crippen molar-refractivity contribution in [3.63, 3.8) is 0 Å². The molecule has 3 rings (SSSR count). The van der Waals surface area contributed by atoms with Gasteiger partial charge >= 0.3 is 5.97 Å². The molecule has 1 N–H and O–H groups in total. The fraction of sp³-hybridized carbons (Fsp3) is 0. The van der Waals surface area contributed by atoms with Crippen LogP contribution in [0.4, 0.5) is 4.39 Å². The summed E-state index contributed by atoms with van der Waals surface area (Å²) in [6.45, 7) is 0. The molecule has 0 fully saturated rings. The van der Waals surface area contributed by atoms with Crippen LogP contribution in [0.1, 0.15) is 10.4 Å². The highest BCUT2D eigenvalue weighted by Crippen LogP contribution is 2.24. The molecule has 0 aliphatic heterocycles. The number of pyridine rings is 1. The number of benzene rings is 1. The van der Waals surface area contributed by atoms with Gasteiger partial charge in [0, 0.05) is 11.8 Å². The van der Waals surface area contributed by atoms with E-state index in [9.17, 15) is 9.18 Å². The van der Waals surface area contributed by atoms with Crippen molar-refractivity contribution in [3.8, 4) is 11.4 Å². The van der Waals surface area contributed by atoms with E-state index < -0.39 is 5.97 Å². The average molecular weight is 336 g/mol. The van der Waals surface area contributed by atoms with E-state index in [0.29, 0.717) is 21.5 Å². The predicted octanol–water partition coefficient (Wildman–Crippen LogP) is 3.00. The molecule has 5 nitrogen and oxygen atoms in total. The summed E-state index contributed by atoms with van der Waals surface area (Å²) >= 11 is 3.11. The third-order valence-electron chi connectivity index (χ3n) is 2.83. The number of hydrogen-bond donors (Lipinski definition) is 1. The molecular weight excluding hydrogens is 329 g/mol. The minimum Gasteiger partial charge on any atom is -0.478 e. The molecule has 20 heavy (non-hydrogen) atoms. The summed E-state index contributed by atoms with van der Waals surface area (Å²) in [5.74, 6) is -0.968. The topological polar surface area (TPSA) is 67.5 Å². The van der Waals surface area contributed by atoms with Crippen molar-refractivity contribution in [2.24, 2.45) is 0 Å². The molecule has 0 bridgehead atoms. The number of aromatic nitrogens is 3. The molecule has 0 saturated carbocycles. The van der Waals surface area contributed by atoms with Gasteiger partial charge in [-0.05, 0) is 46.3 Å². The van der Waals surface area contributed by atoms with E-state index in [1.807, 2.05) is 0 Å². The smallest absolute Gasteiger partial charge is 0.337 e. The lowest BCUT2D eigenvalue weighted by molar-refractivity contribution is 0.0696. The van der Waals surface area contributed by atoms with Gasteiger partial charge in [-0.3, -0.25) is 4.40 Å². The van der Waals surface area contributed by atoms with Crippen molar-refractivity contribution >= 4 is 27.5 Å². The number of halogens is 2. The van der Waals surface area contributed by atoms with Gasteiger partial charge in [-0.1, -0.05) is 0 Å². The molecule has 0 atom stereocenters. The minimum absolute atomic E-state index is 0.125. The molecule has 2 heterocycles. The van der Waals surface area contributed by atoms with Crippen molar-refractivity contribution in [3.05, 3.63) is 52.4 Å². The van der Waals surface area contributed by atoms with Gasteiger partial charge in [-0.15, -0.1) is 10.2 Å². The Kier molecular flexibility index (Phi) is 2.98. The van der Waals surface area contributed by atoms with Crippen LogP contribution in [0.2, 0.25) is 0 Å². The fourth-order valence-electron chi connectivity index (χ4n) is 1.85. The highest BCUT2D eigenvalue weighted by molar-refractivity contribution is 9.10. The lowest BCUT2D eigenvalue weighted by atomic mass is 10.2. The van der Waals surface area contributed by atoms with Gasteiger partial charge in [0.1, 0.15) is 5.82 Å². The molecule has 0 spiro atoms. The normalized spacial score (nSPS) is 10.9. The first-order valence-corrected chi connectivity index (χ1v) is 6.39. The second-order valence-electron chi connectivity index (χ2n) is 4.10. The maximum absolute atomic E-state index is 13.3. The number of aromatic carboxylic acids is 1. The Morgan fingerprint density at radius 2 is 2.05 bits per heavy atom. The highest BCUT2D eigenvalue weighted by Gasteiger charge is 2.12. The maximum atomic E-state index is 13.3. The van der Waals surface area contributed by atoms with Crippen LogP contribution >= 0.6 is 15.9 Å². The monoisotopic (exact) mass is 335 g/mol. The molecule has 0 saturated heterocycles. The van der Waals surface area contributed by atoms with Crippen LogP contribution < -0.4 is 0 Å². The zero-order valence-corrected chi connectivity index (χ0v) is 11.5. The van der Waals surface area contributed by atoms with Crippen molar-refractivity contribution in [1.29, 1.82) is 0 Å². The Morgan fingerprint density at radius 3 is 2.75 bits per heavy atom. The first-order chi connectivity index (χ1) is 9.56. The SMILES string of the molecule is O=C(O)c1ccc2nnc(-c3ccc(F)c(Br)c3)n2c1. The van der Waals surface area contributed by atoms with Gasteiger partial charge in [0.15, 0.2) is 11.5 Å². The van der Waals surface area contributed by atoms with E-state index in [1.54, 1.807) is 22.6 Å². The minimum atomic E-state index is -1.04. The molecule has 1 aromatic carbocycles. The van der Waals surface area contributed by atoms with E-state index in [-0.39, 0.29) is 11.4 Å². The molecule has 0 amide bonds. The zero-order valence-electron chi connectivity index (χ0n) is 9.92. The van der Waals surface area contributed by atoms with E-state index in [0.717, 1.165) is 0 Å².